The van der Waals surface area contributed by atoms with Gasteiger partial charge in [0.15, 0.2) is 0 Å². The molecule has 0 aliphatic rings. The predicted octanol–water partition coefficient (Wildman–Crippen LogP) is 7.18. The number of halogens is 3. The van der Waals surface area contributed by atoms with Crippen LogP contribution >= 0.6 is 0 Å². The van der Waals surface area contributed by atoms with Gasteiger partial charge in [-0.25, -0.2) is 4.79 Å². The van der Waals surface area contributed by atoms with Gasteiger partial charge in [0.05, 0.1) is 5.56 Å². The Kier molecular flexibility index (Phi) is 11.7. The first kappa shape index (κ1) is 24.3. The quantitative estimate of drug-likeness (QED) is 0.265. The van der Waals surface area contributed by atoms with Gasteiger partial charge in [-0.3, -0.25) is 0 Å². The number of unbranched alkanes of at least 4 members (excludes halogenated alkanes) is 7. The Balaban J connectivity index is 2.42. The zero-order chi connectivity index (χ0) is 20.8. The van der Waals surface area contributed by atoms with Gasteiger partial charge in [0, 0.05) is 6.42 Å². The number of phenols is 1. The van der Waals surface area contributed by atoms with E-state index in [0.29, 0.717) is 6.42 Å². The molecular weight excluding hydrogens is 369 g/mol. The Morgan fingerprint density at radius 2 is 1.46 bits per heavy atom. The van der Waals surface area contributed by atoms with Crippen molar-refractivity contribution in [3.05, 3.63) is 29.8 Å². The second-order valence-corrected chi connectivity index (χ2v) is 7.35. The summed E-state index contributed by atoms with van der Waals surface area (Å²) in [6.07, 6.45) is 4.23. The van der Waals surface area contributed by atoms with Gasteiger partial charge in [0.1, 0.15) is 11.9 Å². The van der Waals surface area contributed by atoms with Crippen LogP contribution in [0.2, 0.25) is 0 Å². The Bertz CT molecular complexity index is 541. The fourth-order valence-electron chi connectivity index (χ4n) is 3.12. The van der Waals surface area contributed by atoms with E-state index < -0.39 is 24.7 Å². The molecule has 0 aliphatic carbocycles. The number of hydrogen-bond donors (Lipinski definition) is 1. The molecule has 0 spiro atoms. The molecule has 0 heterocycles. The summed E-state index contributed by atoms with van der Waals surface area (Å²) in [5.74, 6) is -0.520. The first-order valence-electron chi connectivity index (χ1n) is 10.4. The van der Waals surface area contributed by atoms with Crippen molar-refractivity contribution in [2.75, 3.05) is 0 Å². The summed E-state index contributed by atoms with van der Waals surface area (Å²) in [6.45, 7) is 2.18. The van der Waals surface area contributed by atoms with Crippen molar-refractivity contribution in [3.63, 3.8) is 0 Å². The molecule has 0 unspecified atom stereocenters. The van der Waals surface area contributed by atoms with Gasteiger partial charge in [-0.05, 0) is 49.9 Å². The fourth-order valence-corrected chi connectivity index (χ4v) is 3.12. The van der Waals surface area contributed by atoms with Crippen LogP contribution in [-0.2, 0) is 4.74 Å². The van der Waals surface area contributed by atoms with Gasteiger partial charge in [0.25, 0.3) is 0 Å². The van der Waals surface area contributed by atoms with E-state index in [1.54, 1.807) is 0 Å². The number of rotatable bonds is 14. The number of ether oxygens (including phenoxy) is 1. The van der Waals surface area contributed by atoms with E-state index in [2.05, 4.69) is 6.92 Å². The molecule has 0 fully saturated rings. The van der Waals surface area contributed by atoms with Crippen LogP contribution in [0.3, 0.4) is 0 Å². The van der Waals surface area contributed by atoms with Crippen molar-refractivity contribution >= 4 is 5.97 Å². The molecule has 0 saturated carbocycles. The lowest BCUT2D eigenvalue weighted by Crippen LogP contribution is -2.19. The molecule has 3 nitrogen and oxygen atoms in total. The minimum Gasteiger partial charge on any atom is -0.508 e. The summed E-state index contributed by atoms with van der Waals surface area (Å²) in [5, 5.41) is 9.29. The number of carbonyl (C=O) groups excluding carboxylic acids is 1. The fraction of sp³-hybridized carbons (Fsp3) is 0.682. The van der Waals surface area contributed by atoms with E-state index in [1.165, 1.54) is 56.4 Å². The van der Waals surface area contributed by atoms with Crippen LogP contribution in [0.15, 0.2) is 24.3 Å². The van der Waals surface area contributed by atoms with Crippen molar-refractivity contribution in [1.29, 1.82) is 0 Å². The molecule has 0 saturated heterocycles. The SMILES string of the molecule is CCCCCCCCCC[C@H](CCCC(F)(F)F)OC(=O)c1ccc(O)cc1. The molecule has 0 bridgehead atoms. The molecule has 0 radical (unpaired) electrons. The van der Waals surface area contributed by atoms with Crippen LogP contribution in [0.25, 0.3) is 0 Å². The Hall–Kier alpha value is -1.72. The maximum atomic E-state index is 12.4. The lowest BCUT2D eigenvalue weighted by Gasteiger charge is -2.18. The summed E-state index contributed by atoms with van der Waals surface area (Å²) < 4.78 is 42.7. The van der Waals surface area contributed by atoms with Crippen LogP contribution in [0.5, 0.6) is 5.75 Å². The number of benzene rings is 1. The third kappa shape index (κ3) is 11.9. The summed E-state index contributed by atoms with van der Waals surface area (Å²) >= 11 is 0. The summed E-state index contributed by atoms with van der Waals surface area (Å²) in [4.78, 5) is 12.2. The first-order valence-corrected chi connectivity index (χ1v) is 10.4. The summed E-state index contributed by atoms with van der Waals surface area (Å²) in [5.41, 5.74) is 0.287. The number of hydrogen-bond acceptors (Lipinski definition) is 3. The van der Waals surface area contributed by atoms with E-state index in [9.17, 15) is 23.1 Å². The molecule has 6 heteroatoms. The molecule has 160 valence electrons. The Labute approximate surface area is 166 Å². The van der Waals surface area contributed by atoms with E-state index in [0.717, 1.165) is 19.3 Å². The third-order valence-electron chi connectivity index (χ3n) is 4.74. The van der Waals surface area contributed by atoms with Crippen molar-refractivity contribution in [1.82, 2.24) is 0 Å². The highest BCUT2D eigenvalue weighted by Gasteiger charge is 2.27. The molecule has 0 aromatic heterocycles. The zero-order valence-corrected chi connectivity index (χ0v) is 16.8. The Morgan fingerprint density at radius 1 is 0.929 bits per heavy atom. The van der Waals surface area contributed by atoms with E-state index >= 15 is 0 Å². The van der Waals surface area contributed by atoms with E-state index in [4.69, 9.17) is 4.74 Å². The maximum absolute atomic E-state index is 12.4. The van der Waals surface area contributed by atoms with E-state index in [-0.39, 0.29) is 24.2 Å². The molecule has 0 aliphatic heterocycles. The number of phenolic OH excluding ortho intramolecular Hbond substituents is 1. The minimum atomic E-state index is -4.19. The molecule has 1 rings (SSSR count). The maximum Gasteiger partial charge on any atom is 0.389 e. The van der Waals surface area contributed by atoms with Gasteiger partial charge >= 0.3 is 12.1 Å². The van der Waals surface area contributed by atoms with Crippen LogP contribution in [0, 0.1) is 0 Å². The third-order valence-corrected chi connectivity index (χ3v) is 4.74. The average molecular weight is 402 g/mol. The van der Waals surface area contributed by atoms with Gasteiger partial charge < -0.3 is 9.84 Å². The van der Waals surface area contributed by atoms with Crippen LogP contribution in [0.4, 0.5) is 13.2 Å². The number of aromatic hydroxyl groups is 1. The van der Waals surface area contributed by atoms with Crippen molar-refractivity contribution in [3.8, 4) is 5.75 Å². The molecule has 28 heavy (non-hydrogen) atoms. The second kappa shape index (κ2) is 13.5. The second-order valence-electron chi connectivity index (χ2n) is 7.35. The molecule has 1 aromatic rings. The average Bonchev–Trinajstić information content (AvgIpc) is 2.63. The van der Waals surface area contributed by atoms with Crippen molar-refractivity contribution < 1.29 is 27.8 Å². The van der Waals surface area contributed by atoms with Gasteiger partial charge in [0.2, 0.25) is 0 Å². The van der Waals surface area contributed by atoms with Crippen molar-refractivity contribution in [2.24, 2.45) is 0 Å². The summed E-state index contributed by atoms with van der Waals surface area (Å²) in [6, 6.07) is 5.66. The van der Waals surface area contributed by atoms with Crippen LogP contribution in [0.1, 0.15) is 94.3 Å². The highest BCUT2D eigenvalue weighted by atomic mass is 19.4. The molecule has 0 amide bonds. The lowest BCUT2D eigenvalue weighted by atomic mass is 10.0. The smallest absolute Gasteiger partial charge is 0.389 e. The highest BCUT2D eigenvalue weighted by molar-refractivity contribution is 5.89. The standard InChI is InChI=1S/C22H33F3O3/c1-2-3-4-5-6-7-8-9-11-20(12-10-17-22(23,24)25)28-21(27)18-13-15-19(26)16-14-18/h13-16,20,26H,2-12,17H2,1H3/t20-/m1/s1. The van der Waals surface area contributed by atoms with Gasteiger partial charge in [-0.1, -0.05) is 51.9 Å². The molecule has 1 aromatic carbocycles. The normalized spacial score (nSPS) is 12.7. The first-order chi connectivity index (χ1) is 13.3. The molecule has 1 atom stereocenters. The van der Waals surface area contributed by atoms with Gasteiger partial charge in [-0.2, -0.15) is 13.2 Å². The monoisotopic (exact) mass is 402 g/mol. The van der Waals surface area contributed by atoms with Crippen LogP contribution in [-0.4, -0.2) is 23.4 Å². The topological polar surface area (TPSA) is 46.5 Å². The number of esters is 1. The predicted molar refractivity (Wildman–Crippen MR) is 104 cm³/mol. The molecular formula is C22H33F3O3. The number of alkyl halides is 3. The zero-order valence-electron chi connectivity index (χ0n) is 16.8. The largest absolute Gasteiger partial charge is 0.508 e. The van der Waals surface area contributed by atoms with E-state index in [1.807, 2.05) is 0 Å². The summed E-state index contributed by atoms with van der Waals surface area (Å²) in [7, 11) is 0. The highest BCUT2D eigenvalue weighted by Crippen LogP contribution is 2.25. The Morgan fingerprint density at radius 3 is 2.04 bits per heavy atom. The van der Waals surface area contributed by atoms with Crippen LogP contribution < -0.4 is 0 Å². The van der Waals surface area contributed by atoms with Gasteiger partial charge in [-0.15, -0.1) is 0 Å². The minimum absolute atomic E-state index is 0.0391. The molecule has 1 N–H and O–H groups in total. The van der Waals surface area contributed by atoms with Crippen molar-refractivity contribution in [2.45, 2.75) is 96.3 Å². The number of carbonyl (C=O) groups is 1. The lowest BCUT2D eigenvalue weighted by molar-refractivity contribution is -0.136.